The van der Waals surface area contributed by atoms with Gasteiger partial charge >= 0.3 is 0 Å². The number of benzene rings is 1. The van der Waals surface area contributed by atoms with Gasteiger partial charge in [0, 0.05) is 12.1 Å². The number of imidazole rings is 1. The van der Waals surface area contributed by atoms with E-state index in [1.165, 1.54) is 6.42 Å². The Labute approximate surface area is 137 Å². The van der Waals surface area contributed by atoms with Crippen LogP contribution in [-0.4, -0.2) is 9.55 Å². The van der Waals surface area contributed by atoms with Crippen molar-refractivity contribution < 1.29 is 4.39 Å². The van der Waals surface area contributed by atoms with Gasteiger partial charge in [-0.05, 0) is 53.6 Å². The van der Waals surface area contributed by atoms with Gasteiger partial charge in [-0.25, -0.2) is 9.37 Å². The van der Waals surface area contributed by atoms with Gasteiger partial charge in [0.05, 0.1) is 20.9 Å². The lowest BCUT2D eigenvalue weighted by atomic mass is 9.97. The number of rotatable bonds is 2. The lowest BCUT2D eigenvalue weighted by Gasteiger charge is -2.23. The summed E-state index contributed by atoms with van der Waals surface area (Å²) in [7, 11) is 0. The maximum atomic E-state index is 14.0. The molecule has 5 heteroatoms. The number of fused-ring (bicyclic) bond motifs is 1. The predicted octanol–water partition coefficient (Wildman–Crippen LogP) is 5.84. The first-order chi connectivity index (χ1) is 9.90. The van der Waals surface area contributed by atoms with Crippen molar-refractivity contribution in [1.29, 1.82) is 0 Å². The van der Waals surface area contributed by atoms with Gasteiger partial charge in [-0.15, -0.1) is 11.6 Å². The standard InChI is InChI=1S/C16H19BrClFN2/c1-8-4-5-14(9(8)2)21-15-7-12(19)11(17)6-13(15)20-16(21)10(3)18/h6-10,14H,4-5H2,1-3H3. The minimum Gasteiger partial charge on any atom is -0.323 e. The van der Waals surface area contributed by atoms with Crippen LogP contribution in [0.5, 0.6) is 0 Å². The van der Waals surface area contributed by atoms with Gasteiger partial charge in [-0.2, -0.15) is 0 Å². The highest BCUT2D eigenvalue weighted by Gasteiger charge is 2.34. The third kappa shape index (κ3) is 2.50. The van der Waals surface area contributed by atoms with Crippen molar-refractivity contribution in [3.63, 3.8) is 0 Å². The topological polar surface area (TPSA) is 17.8 Å². The molecular formula is C16H19BrClFN2. The van der Waals surface area contributed by atoms with Crippen molar-refractivity contribution in [2.24, 2.45) is 11.8 Å². The highest BCUT2D eigenvalue weighted by molar-refractivity contribution is 9.10. The van der Waals surface area contributed by atoms with Crippen LogP contribution in [0.1, 0.15) is 50.9 Å². The Hall–Kier alpha value is -0.610. The quantitative estimate of drug-likeness (QED) is 0.604. The van der Waals surface area contributed by atoms with E-state index in [4.69, 9.17) is 11.6 Å². The summed E-state index contributed by atoms with van der Waals surface area (Å²) in [5, 5.41) is -0.192. The zero-order valence-electron chi connectivity index (χ0n) is 12.4. The Kier molecular flexibility index (Phi) is 4.04. The Morgan fingerprint density at radius 2 is 2.10 bits per heavy atom. The fraction of sp³-hybridized carbons (Fsp3) is 0.562. The van der Waals surface area contributed by atoms with Crippen molar-refractivity contribution in [2.45, 2.75) is 45.0 Å². The molecule has 4 unspecified atom stereocenters. The van der Waals surface area contributed by atoms with Gasteiger partial charge in [0.15, 0.2) is 0 Å². The minimum absolute atomic E-state index is 0.192. The summed E-state index contributed by atoms with van der Waals surface area (Å²) in [6.07, 6.45) is 2.29. The molecule has 0 aliphatic heterocycles. The number of hydrogen-bond donors (Lipinski definition) is 0. The van der Waals surface area contributed by atoms with Gasteiger partial charge in [0.25, 0.3) is 0 Å². The zero-order valence-corrected chi connectivity index (χ0v) is 14.7. The van der Waals surface area contributed by atoms with Crippen LogP contribution in [0.15, 0.2) is 16.6 Å². The first-order valence-electron chi connectivity index (χ1n) is 7.41. The normalized spacial score (nSPS) is 27.4. The Bertz CT molecular complexity index is 682. The summed E-state index contributed by atoms with van der Waals surface area (Å²) >= 11 is 9.57. The average Bonchev–Trinajstić information content (AvgIpc) is 2.93. The van der Waals surface area contributed by atoms with Gasteiger partial charge < -0.3 is 4.57 Å². The van der Waals surface area contributed by atoms with Crippen molar-refractivity contribution in [1.82, 2.24) is 9.55 Å². The van der Waals surface area contributed by atoms with Crippen LogP contribution in [0.25, 0.3) is 11.0 Å². The molecule has 1 aromatic carbocycles. The summed E-state index contributed by atoms with van der Waals surface area (Å²) in [4.78, 5) is 4.65. The number of hydrogen-bond acceptors (Lipinski definition) is 1. The van der Waals surface area contributed by atoms with E-state index in [0.29, 0.717) is 22.4 Å². The molecule has 0 spiro atoms. The first kappa shape index (κ1) is 15.3. The second-order valence-electron chi connectivity index (χ2n) is 6.19. The molecule has 0 amide bonds. The second-order valence-corrected chi connectivity index (χ2v) is 7.70. The van der Waals surface area contributed by atoms with Crippen LogP contribution < -0.4 is 0 Å². The van der Waals surface area contributed by atoms with Crippen LogP contribution in [0.2, 0.25) is 0 Å². The smallest absolute Gasteiger partial charge is 0.139 e. The molecule has 114 valence electrons. The van der Waals surface area contributed by atoms with E-state index in [1.807, 2.05) is 6.92 Å². The largest absolute Gasteiger partial charge is 0.323 e. The van der Waals surface area contributed by atoms with Crippen molar-refractivity contribution >= 4 is 38.6 Å². The van der Waals surface area contributed by atoms with E-state index in [1.54, 1.807) is 12.1 Å². The molecule has 4 atom stereocenters. The molecule has 0 bridgehead atoms. The molecule has 2 nitrogen and oxygen atoms in total. The summed E-state index contributed by atoms with van der Waals surface area (Å²) in [5.74, 6) is 1.81. The molecule has 2 aromatic rings. The number of aromatic nitrogens is 2. The van der Waals surface area contributed by atoms with E-state index < -0.39 is 0 Å². The van der Waals surface area contributed by atoms with E-state index in [9.17, 15) is 4.39 Å². The van der Waals surface area contributed by atoms with Crippen LogP contribution in [0, 0.1) is 17.7 Å². The van der Waals surface area contributed by atoms with Crippen molar-refractivity contribution in [2.75, 3.05) is 0 Å². The Morgan fingerprint density at radius 3 is 2.67 bits per heavy atom. The van der Waals surface area contributed by atoms with E-state index in [-0.39, 0.29) is 11.2 Å². The molecule has 1 aliphatic rings. The maximum absolute atomic E-state index is 14.0. The predicted molar refractivity (Wildman–Crippen MR) is 88.3 cm³/mol. The highest BCUT2D eigenvalue weighted by atomic mass is 79.9. The average molecular weight is 374 g/mol. The minimum atomic E-state index is -0.254. The van der Waals surface area contributed by atoms with Crippen LogP contribution in [-0.2, 0) is 0 Å². The third-order valence-electron chi connectivity index (χ3n) is 4.87. The summed E-state index contributed by atoms with van der Waals surface area (Å²) in [6.45, 7) is 6.48. The number of nitrogens with zero attached hydrogens (tertiary/aromatic N) is 2. The maximum Gasteiger partial charge on any atom is 0.139 e. The van der Waals surface area contributed by atoms with Gasteiger partial charge in [0.1, 0.15) is 11.6 Å². The van der Waals surface area contributed by atoms with Crippen LogP contribution in [0.4, 0.5) is 4.39 Å². The molecule has 21 heavy (non-hydrogen) atoms. The van der Waals surface area contributed by atoms with E-state index in [2.05, 4.69) is 39.3 Å². The number of alkyl halides is 1. The van der Waals surface area contributed by atoms with Gasteiger partial charge in [-0.1, -0.05) is 13.8 Å². The van der Waals surface area contributed by atoms with Gasteiger partial charge in [-0.3, -0.25) is 0 Å². The molecule has 1 fully saturated rings. The molecule has 1 heterocycles. The number of halogens is 3. The molecule has 1 saturated carbocycles. The lowest BCUT2D eigenvalue weighted by molar-refractivity contribution is 0.352. The SMILES string of the molecule is CC(Cl)c1nc2cc(Br)c(F)cc2n1C1CCC(C)C1C. The first-order valence-corrected chi connectivity index (χ1v) is 8.64. The van der Waals surface area contributed by atoms with Gasteiger partial charge in [0.2, 0.25) is 0 Å². The lowest BCUT2D eigenvalue weighted by Crippen LogP contribution is -2.17. The Balaban J connectivity index is 2.23. The van der Waals surface area contributed by atoms with Crippen molar-refractivity contribution in [3.05, 3.63) is 28.2 Å². The third-order valence-corrected chi connectivity index (χ3v) is 5.67. The monoisotopic (exact) mass is 372 g/mol. The molecule has 0 radical (unpaired) electrons. The highest BCUT2D eigenvalue weighted by Crippen LogP contribution is 2.43. The van der Waals surface area contributed by atoms with Crippen LogP contribution >= 0.6 is 27.5 Å². The molecule has 1 aromatic heterocycles. The summed E-state index contributed by atoms with van der Waals surface area (Å²) < 4.78 is 16.6. The molecule has 0 N–H and O–H groups in total. The Morgan fingerprint density at radius 1 is 1.38 bits per heavy atom. The zero-order chi connectivity index (χ0) is 15.3. The fourth-order valence-electron chi connectivity index (χ4n) is 3.44. The molecular weight excluding hydrogens is 355 g/mol. The van der Waals surface area contributed by atoms with Crippen LogP contribution in [0.3, 0.4) is 0 Å². The molecule has 1 aliphatic carbocycles. The van der Waals surface area contributed by atoms with Crippen molar-refractivity contribution in [3.8, 4) is 0 Å². The second kappa shape index (κ2) is 5.54. The summed E-state index contributed by atoms with van der Waals surface area (Å²) in [6, 6.07) is 3.67. The van der Waals surface area contributed by atoms with E-state index >= 15 is 0 Å². The summed E-state index contributed by atoms with van der Waals surface area (Å²) in [5.41, 5.74) is 1.65. The fourth-order valence-corrected chi connectivity index (χ4v) is 3.93. The van der Waals surface area contributed by atoms with E-state index in [0.717, 1.165) is 23.3 Å². The molecule has 3 rings (SSSR count). The molecule has 0 saturated heterocycles.